The first-order valence-corrected chi connectivity index (χ1v) is 8.29. The molecule has 0 spiro atoms. The maximum absolute atomic E-state index is 5.75. The molecule has 0 aromatic rings. The van der Waals surface area contributed by atoms with Crippen molar-refractivity contribution in [3.8, 4) is 0 Å². The topological polar surface area (TPSA) is 27.7 Å². The van der Waals surface area contributed by atoms with Crippen molar-refractivity contribution in [2.24, 2.45) is 0 Å². The van der Waals surface area contributed by atoms with E-state index in [2.05, 4.69) is 19.1 Å². The van der Waals surface area contributed by atoms with Crippen molar-refractivity contribution in [1.82, 2.24) is 0 Å². The molecule has 3 nitrogen and oxygen atoms in total. The van der Waals surface area contributed by atoms with Gasteiger partial charge in [0.1, 0.15) is 0 Å². The summed E-state index contributed by atoms with van der Waals surface area (Å²) in [5.74, 6) is 0. The molecule has 0 fully saturated rings. The Morgan fingerprint density at radius 2 is 1.45 bits per heavy atom. The van der Waals surface area contributed by atoms with E-state index in [0.29, 0.717) is 13.2 Å². The highest BCUT2D eigenvalue weighted by atomic mass is 16.7. The van der Waals surface area contributed by atoms with Gasteiger partial charge < -0.3 is 14.2 Å². The van der Waals surface area contributed by atoms with E-state index in [1.54, 1.807) is 0 Å². The van der Waals surface area contributed by atoms with Crippen molar-refractivity contribution in [1.29, 1.82) is 0 Å². The Bertz CT molecular complexity index is 210. The zero-order chi connectivity index (χ0) is 15.1. The first-order valence-electron chi connectivity index (χ1n) is 8.29. The summed E-state index contributed by atoms with van der Waals surface area (Å²) < 4.78 is 16.9. The third kappa shape index (κ3) is 11.4. The lowest BCUT2D eigenvalue weighted by molar-refractivity contribution is -0.152. The van der Waals surface area contributed by atoms with Gasteiger partial charge in [-0.2, -0.15) is 0 Å². The lowest BCUT2D eigenvalue weighted by atomic mass is 10.1. The molecule has 0 radical (unpaired) electrons. The molecule has 1 unspecified atom stereocenters. The molecule has 120 valence electrons. The second-order valence-electron chi connectivity index (χ2n) is 4.85. The molecule has 0 bridgehead atoms. The second kappa shape index (κ2) is 15.0. The van der Waals surface area contributed by atoms with Crippen LogP contribution in [-0.2, 0) is 14.2 Å². The Morgan fingerprint density at radius 3 is 2.00 bits per heavy atom. The minimum absolute atomic E-state index is 0.0919. The van der Waals surface area contributed by atoms with Gasteiger partial charge in [0.2, 0.25) is 0 Å². The van der Waals surface area contributed by atoms with Gasteiger partial charge in [-0.05, 0) is 33.6 Å². The summed E-state index contributed by atoms with van der Waals surface area (Å²) in [4.78, 5) is 0. The van der Waals surface area contributed by atoms with Crippen LogP contribution in [0.4, 0.5) is 0 Å². The van der Waals surface area contributed by atoms with Crippen LogP contribution in [0.25, 0.3) is 0 Å². The minimum Gasteiger partial charge on any atom is -0.374 e. The molecule has 0 saturated carbocycles. The number of ether oxygens (including phenoxy) is 3. The van der Waals surface area contributed by atoms with Gasteiger partial charge in [-0.25, -0.2) is 0 Å². The summed E-state index contributed by atoms with van der Waals surface area (Å²) in [6, 6.07) is 0. The van der Waals surface area contributed by atoms with Crippen LogP contribution in [-0.4, -0.2) is 32.2 Å². The van der Waals surface area contributed by atoms with E-state index >= 15 is 0 Å². The molecule has 0 saturated heterocycles. The normalized spacial score (nSPS) is 13.4. The predicted molar refractivity (Wildman–Crippen MR) is 85.0 cm³/mol. The maximum atomic E-state index is 5.75. The van der Waals surface area contributed by atoms with Gasteiger partial charge in [0.15, 0.2) is 6.29 Å². The van der Waals surface area contributed by atoms with Crippen molar-refractivity contribution in [3.63, 3.8) is 0 Å². The van der Waals surface area contributed by atoms with Gasteiger partial charge in [-0.15, -0.1) is 0 Å². The summed E-state index contributed by atoms with van der Waals surface area (Å²) in [5.41, 5.74) is 0. The van der Waals surface area contributed by atoms with Gasteiger partial charge in [0.25, 0.3) is 0 Å². The Balaban J connectivity index is 4.07. The molecule has 0 amide bonds. The van der Waals surface area contributed by atoms with Crippen molar-refractivity contribution < 1.29 is 14.2 Å². The van der Waals surface area contributed by atoms with Crippen LogP contribution >= 0.6 is 0 Å². The molecule has 0 aliphatic carbocycles. The fourth-order valence-corrected chi connectivity index (χ4v) is 2.10. The van der Waals surface area contributed by atoms with Crippen LogP contribution in [0.1, 0.15) is 66.2 Å². The van der Waals surface area contributed by atoms with Crippen LogP contribution in [0.2, 0.25) is 0 Å². The number of unbranched alkanes of at least 4 members (excludes halogenated alkanes) is 4. The lowest BCUT2D eigenvalue weighted by Crippen LogP contribution is -2.24. The smallest absolute Gasteiger partial charge is 0.160 e. The van der Waals surface area contributed by atoms with Crippen molar-refractivity contribution in [2.75, 3.05) is 19.8 Å². The van der Waals surface area contributed by atoms with Gasteiger partial charge in [-0.3, -0.25) is 0 Å². The van der Waals surface area contributed by atoms with Crippen LogP contribution in [0.5, 0.6) is 0 Å². The zero-order valence-electron chi connectivity index (χ0n) is 13.9. The van der Waals surface area contributed by atoms with E-state index in [-0.39, 0.29) is 12.4 Å². The Hall–Kier alpha value is -0.380. The van der Waals surface area contributed by atoms with E-state index in [0.717, 1.165) is 19.4 Å². The quantitative estimate of drug-likeness (QED) is 0.263. The third-order valence-electron chi connectivity index (χ3n) is 3.09. The number of hydrogen-bond acceptors (Lipinski definition) is 3. The fourth-order valence-electron chi connectivity index (χ4n) is 2.10. The predicted octanol–water partition coefficient (Wildman–Crippen LogP) is 4.71. The summed E-state index contributed by atoms with van der Waals surface area (Å²) in [7, 11) is 0. The van der Waals surface area contributed by atoms with Crippen molar-refractivity contribution >= 4 is 0 Å². The molecule has 0 aliphatic rings. The average Bonchev–Trinajstić information content (AvgIpc) is 2.43. The lowest BCUT2D eigenvalue weighted by Gasteiger charge is -2.21. The third-order valence-corrected chi connectivity index (χ3v) is 3.09. The summed E-state index contributed by atoms with van der Waals surface area (Å²) >= 11 is 0. The van der Waals surface area contributed by atoms with Crippen molar-refractivity contribution in [3.05, 3.63) is 12.2 Å². The largest absolute Gasteiger partial charge is 0.374 e. The molecular formula is C17H34O3. The van der Waals surface area contributed by atoms with E-state index in [4.69, 9.17) is 14.2 Å². The van der Waals surface area contributed by atoms with E-state index in [9.17, 15) is 0 Å². The average molecular weight is 286 g/mol. The highest BCUT2D eigenvalue weighted by Crippen LogP contribution is 2.11. The first-order chi connectivity index (χ1) is 9.78. The summed E-state index contributed by atoms with van der Waals surface area (Å²) in [6.07, 6.45) is 11.4. The molecule has 0 aromatic carbocycles. The molecule has 0 aromatic heterocycles. The summed E-state index contributed by atoms with van der Waals surface area (Å²) in [5, 5.41) is 0. The molecular weight excluding hydrogens is 252 g/mol. The number of allylic oxidation sites excluding steroid dienone is 1. The molecule has 20 heavy (non-hydrogen) atoms. The number of hydrogen-bond donors (Lipinski definition) is 0. The molecule has 0 heterocycles. The monoisotopic (exact) mass is 286 g/mol. The van der Waals surface area contributed by atoms with Crippen LogP contribution in [0.3, 0.4) is 0 Å². The Morgan fingerprint density at radius 1 is 0.800 bits per heavy atom. The van der Waals surface area contributed by atoms with Gasteiger partial charge in [-0.1, -0.05) is 38.3 Å². The molecule has 0 aliphatic heterocycles. The van der Waals surface area contributed by atoms with Crippen molar-refractivity contribution in [2.45, 2.75) is 78.6 Å². The van der Waals surface area contributed by atoms with E-state index in [1.165, 1.54) is 25.7 Å². The SMILES string of the molecule is CCCCCCC=CC(CC(OCC)OCC)OCC. The molecule has 0 N–H and O–H groups in total. The fraction of sp³-hybridized carbons (Fsp3) is 0.882. The number of rotatable bonds is 14. The van der Waals surface area contributed by atoms with Gasteiger partial charge in [0.05, 0.1) is 6.10 Å². The standard InChI is InChI=1S/C17H34O3/c1-5-9-10-11-12-13-14-16(18-6-2)15-17(19-7-3)20-8-4/h13-14,16-17H,5-12,15H2,1-4H3. The van der Waals surface area contributed by atoms with Crippen LogP contribution in [0.15, 0.2) is 12.2 Å². The maximum Gasteiger partial charge on any atom is 0.160 e. The van der Waals surface area contributed by atoms with Gasteiger partial charge in [0, 0.05) is 26.2 Å². The highest BCUT2D eigenvalue weighted by Gasteiger charge is 2.14. The van der Waals surface area contributed by atoms with E-state index in [1.807, 2.05) is 20.8 Å². The zero-order valence-corrected chi connectivity index (χ0v) is 13.9. The summed E-state index contributed by atoms with van der Waals surface area (Å²) in [6.45, 7) is 10.3. The Kier molecular flexibility index (Phi) is 14.7. The van der Waals surface area contributed by atoms with Crippen LogP contribution < -0.4 is 0 Å². The first kappa shape index (κ1) is 19.6. The molecule has 3 heteroatoms. The molecule has 0 rings (SSSR count). The minimum atomic E-state index is -0.161. The second-order valence-corrected chi connectivity index (χ2v) is 4.85. The Labute approximate surface area is 125 Å². The molecule has 1 atom stereocenters. The highest BCUT2D eigenvalue weighted by molar-refractivity contribution is 4.90. The van der Waals surface area contributed by atoms with Gasteiger partial charge >= 0.3 is 0 Å². The van der Waals surface area contributed by atoms with Crippen LogP contribution in [0, 0.1) is 0 Å². The van der Waals surface area contributed by atoms with E-state index < -0.39 is 0 Å².